The molecule has 29 heavy (non-hydrogen) atoms. The third-order valence-electron chi connectivity index (χ3n) is 6.31. The van der Waals surface area contributed by atoms with Crippen molar-refractivity contribution in [3.05, 3.63) is 35.4 Å². The Bertz CT molecular complexity index is 772. The van der Waals surface area contributed by atoms with Crippen LogP contribution in [-0.4, -0.2) is 52.2 Å². The third kappa shape index (κ3) is 4.79. The Labute approximate surface area is 180 Å². The van der Waals surface area contributed by atoms with Crippen LogP contribution in [0.2, 0.25) is 0 Å². The van der Waals surface area contributed by atoms with E-state index in [0.717, 1.165) is 32.0 Å². The predicted molar refractivity (Wildman–Crippen MR) is 118 cm³/mol. The first-order chi connectivity index (χ1) is 14.2. The number of benzene rings is 1. The summed E-state index contributed by atoms with van der Waals surface area (Å²) in [6.07, 6.45) is 6.76. The number of aldehydes is 1. The van der Waals surface area contributed by atoms with Crippen LogP contribution in [0, 0.1) is 5.92 Å². The minimum Gasteiger partial charge on any atom is -0.302 e. The molecule has 1 aliphatic carbocycles. The zero-order valence-electron chi connectivity index (χ0n) is 16.5. The van der Waals surface area contributed by atoms with E-state index in [2.05, 4.69) is 34.9 Å². The number of carbonyl (C=O) groups excluding carboxylic acids is 3. The number of hydrogen-bond acceptors (Lipinski definition) is 7. The zero-order valence-corrected chi connectivity index (χ0v) is 18.1. The molecule has 2 aliphatic heterocycles. The maximum atomic E-state index is 12.9. The Kier molecular flexibility index (Phi) is 7.11. The van der Waals surface area contributed by atoms with Gasteiger partial charge in [0.25, 0.3) is 0 Å². The summed E-state index contributed by atoms with van der Waals surface area (Å²) in [4.78, 5) is 37.0. The fraction of sp³-hybridized carbons (Fsp3) is 0.591. The molecule has 5 atom stereocenters. The number of hydrogen-bond donors (Lipinski definition) is 2. The largest absolute Gasteiger partial charge is 0.302 e. The molecule has 0 spiro atoms. The summed E-state index contributed by atoms with van der Waals surface area (Å²) in [5, 5.41) is 5.53. The van der Waals surface area contributed by atoms with Gasteiger partial charge in [0.2, 0.25) is 0 Å². The van der Waals surface area contributed by atoms with E-state index in [4.69, 9.17) is 0 Å². The Morgan fingerprint density at radius 1 is 1.07 bits per heavy atom. The van der Waals surface area contributed by atoms with E-state index in [9.17, 15) is 14.4 Å². The van der Waals surface area contributed by atoms with Gasteiger partial charge >= 0.3 is 0 Å². The second-order valence-corrected chi connectivity index (χ2v) is 10.4. The summed E-state index contributed by atoms with van der Waals surface area (Å²) in [5.74, 6) is 2.03. The molecule has 0 radical (unpaired) electrons. The highest BCUT2D eigenvalue weighted by Gasteiger charge is 2.44. The predicted octanol–water partition coefficient (Wildman–Crippen LogP) is 2.36. The van der Waals surface area contributed by atoms with Crippen molar-refractivity contribution in [2.75, 3.05) is 11.8 Å². The molecule has 156 valence electrons. The van der Waals surface area contributed by atoms with Gasteiger partial charge < -0.3 is 4.79 Å². The van der Waals surface area contributed by atoms with Crippen LogP contribution in [0.25, 0.3) is 0 Å². The van der Waals surface area contributed by atoms with Crippen LogP contribution in [0.3, 0.4) is 0 Å². The van der Waals surface area contributed by atoms with Crippen molar-refractivity contribution in [1.82, 2.24) is 10.6 Å². The molecule has 4 rings (SSSR count). The fourth-order valence-electron chi connectivity index (χ4n) is 4.69. The molecular formula is C22H28N2O3S2. The number of aryl methyl sites for hydroxylation is 1. The molecule has 2 saturated heterocycles. The molecular weight excluding hydrogens is 404 g/mol. The standard InChI is InChI=1S/C22H28N2O3S2/c25-11-17-21(28-12-23-17)20(27)19-22(29-13-24-19)18(26)7-3-4-14-8-9-15-5-1-2-6-16(15)10-14/h1-2,5-6,11,14,17,19,21-24H,3-4,7-10,12-13H2/t14-,17+,19+,21?,22?/m0/s1. The van der Waals surface area contributed by atoms with E-state index in [1.54, 1.807) is 0 Å². The highest BCUT2D eigenvalue weighted by molar-refractivity contribution is 8.01. The van der Waals surface area contributed by atoms with Gasteiger partial charge in [-0.3, -0.25) is 20.2 Å². The smallest absolute Gasteiger partial charge is 0.166 e. The van der Waals surface area contributed by atoms with E-state index in [1.807, 2.05) is 0 Å². The van der Waals surface area contributed by atoms with Crippen molar-refractivity contribution in [1.29, 1.82) is 0 Å². The Morgan fingerprint density at radius 3 is 2.66 bits per heavy atom. The number of fused-ring (bicyclic) bond motifs is 1. The highest BCUT2D eigenvalue weighted by Crippen LogP contribution is 2.31. The minimum atomic E-state index is -0.464. The van der Waals surface area contributed by atoms with Gasteiger partial charge in [-0.2, -0.15) is 0 Å². The lowest BCUT2D eigenvalue weighted by molar-refractivity contribution is -0.125. The topological polar surface area (TPSA) is 75.3 Å². The number of thioether (sulfide) groups is 2. The van der Waals surface area contributed by atoms with Gasteiger partial charge in [-0.25, -0.2) is 0 Å². The maximum Gasteiger partial charge on any atom is 0.166 e. The summed E-state index contributed by atoms with van der Waals surface area (Å²) < 4.78 is 0. The summed E-state index contributed by atoms with van der Waals surface area (Å²) in [6, 6.07) is 7.77. The van der Waals surface area contributed by atoms with Crippen LogP contribution < -0.4 is 10.6 Å². The summed E-state index contributed by atoms with van der Waals surface area (Å²) in [5.41, 5.74) is 2.94. The number of nitrogens with one attached hydrogen (secondary N) is 2. The van der Waals surface area contributed by atoms with Gasteiger partial charge in [0.15, 0.2) is 5.78 Å². The molecule has 0 bridgehead atoms. The van der Waals surface area contributed by atoms with Crippen molar-refractivity contribution in [3.8, 4) is 0 Å². The molecule has 0 amide bonds. The van der Waals surface area contributed by atoms with Crippen molar-refractivity contribution in [2.45, 2.75) is 61.1 Å². The number of carbonyl (C=O) groups is 3. The molecule has 2 heterocycles. The van der Waals surface area contributed by atoms with E-state index in [1.165, 1.54) is 41.1 Å². The van der Waals surface area contributed by atoms with E-state index in [-0.39, 0.29) is 22.1 Å². The fourth-order valence-corrected chi connectivity index (χ4v) is 7.02. The molecule has 7 heteroatoms. The summed E-state index contributed by atoms with van der Waals surface area (Å²) in [7, 11) is 0. The lowest BCUT2D eigenvalue weighted by atomic mass is 9.81. The first-order valence-corrected chi connectivity index (χ1v) is 12.6. The first-order valence-electron chi connectivity index (χ1n) is 10.5. The molecule has 2 N–H and O–H groups in total. The van der Waals surface area contributed by atoms with Crippen LogP contribution in [0.15, 0.2) is 24.3 Å². The Balaban J connectivity index is 1.27. The van der Waals surface area contributed by atoms with Crippen LogP contribution in [0.4, 0.5) is 0 Å². The average molecular weight is 433 g/mol. The molecule has 1 aromatic rings. The molecule has 3 aliphatic rings. The highest BCUT2D eigenvalue weighted by atomic mass is 32.2. The van der Waals surface area contributed by atoms with E-state index in [0.29, 0.717) is 24.1 Å². The van der Waals surface area contributed by atoms with E-state index >= 15 is 0 Å². The van der Waals surface area contributed by atoms with E-state index < -0.39 is 12.1 Å². The van der Waals surface area contributed by atoms with Crippen LogP contribution in [0.1, 0.15) is 36.8 Å². The summed E-state index contributed by atoms with van der Waals surface area (Å²) >= 11 is 2.99. The van der Waals surface area contributed by atoms with Gasteiger partial charge in [-0.15, -0.1) is 23.5 Å². The van der Waals surface area contributed by atoms with Gasteiger partial charge in [0.05, 0.1) is 22.6 Å². The summed E-state index contributed by atoms with van der Waals surface area (Å²) in [6.45, 7) is 0. The van der Waals surface area contributed by atoms with Crippen LogP contribution >= 0.6 is 23.5 Å². The first kappa shape index (κ1) is 21.1. The quantitative estimate of drug-likeness (QED) is 0.611. The lowest BCUT2D eigenvalue weighted by Crippen LogP contribution is -2.49. The SMILES string of the molecule is O=C[C@H]1NCSC1C(=O)[C@H]1NCSC1C(=O)CCC[C@H]1CCc2ccccc2C1. The molecule has 2 fully saturated rings. The van der Waals surface area contributed by atoms with Crippen molar-refractivity contribution < 1.29 is 14.4 Å². The average Bonchev–Trinajstić information content (AvgIpc) is 3.42. The monoisotopic (exact) mass is 432 g/mol. The molecule has 5 nitrogen and oxygen atoms in total. The maximum absolute atomic E-state index is 12.9. The number of rotatable bonds is 8. The van der Waals surface area contributed by atoms with Crippen LogP contribution in [0.5, 0.6) is 0 Å². The van der Waals surface area contributed by atoms with Gasteiger partial charge in [-0.05, 0) is 49.1 Å². The van der Waals surface area contributed by atoms with Gasteiger partial charge in [0.1, 0.15) is 12.1 Å². The second kappa shape index (κ2) is 9.77. The second-order valence-electron chi connectivity index (χ2n) is 8.15. The van der Waals surface area contributed by atoms with Gasteiger partial charge in [0, 0.05) is 18.2 Å². The lowest BCUT2D eigenvalue weighted by Gasteiger charge is -2.25. The third-order valence-corrected chi connectivity index (χ3v) is 8.76. The van der Waals surface area contributed by atoms with Crippen LogP contribution in [-0.2, 0) is 27.2 Å². The van der Waals surface area contributed by atoms with Crippen molar-refractivity contribution >= 4 is 41.4 Å². The van der Waals surface area contributed by atoms with Gasteiger partial charge in [-0.1, -0.05) is 24.3 Å². The number of ketones is 2. The minimum absolute atomic E-state index is 0.00987. The Morgan fingerprint density at radius 2 is 1.83 bits per heavy atom. The van der Waals surface area contributed by atoms with Crippen molar-refractivity contribution in [2.24, 2.45) is 5.92 Å². The zero-order chi connectivity index (χ0) is 20.2. The Hall–Kier alpha value is -1.15. The molecule has 0 aromatic heterocycles. The number of Topliss-reactive ketones (excluding diaryl/α,β-unsaturated/α-hetero) is 2. The van der Waals surface area contributed by atoms with Crippen molar-refractivity contribution in [3.63, 3.8) is 0 Å². The molecule has 2 unspecified atom stereocenters. The molecule has 0 saturated carbocycles. The normalized spacial score (nSPS) is 31.4. The molecule has 1 aromatic carbocycles.